The highest BCUT2D eigenvalue weighted by atomic mass is 32.1. The second kappa shape index (κ2) is 13.4. The van der Waals surface area contributed by atoms with Gasteiger partial charge in [0.1, 0.15) is 0 Å². The molecule has 9 aromatic carbocycles. The van der Waals surface area contributed by atoms with Gasteiger partial charge in [-0.3, -0.25) is 0 Å². The van der Waals surface area contributed by atoms with Crippen molar-refractivity contribution in [1.29, 1.82) is 0 Å². The zero-order chi connectivity index (χ0) is 36.3. The Morgan fingerprint density at radius 3 is 1.56 bits per heavy atom. The van der Waals surface area contributed by atoms with Crippen molar-refractivity contribution in [2.45, 2.75) is 38.0 Å². The van der Waals surface area contributed by atoms with Crippen molar-refractivity contribution in [2.75, 3.05) is 0 Å². The summed E-state index contributed by atoms with van der Waals surface area (Å²) in [6, 6.07) is 66.1. The van der Waals surface area contributed by atoms with Crippen LogP contribution in [0.4, 0.5) is 0 Å². The first-order chi connectivity index (χ1) is 27.2. The van der Waals surface area contributed by atoms with Crippen LogP contribution in [0.3, 0.4) is 0 Å². The van der Waals surface area contributed by atoms with Crippen molar-refractivity contribution >= 4 is 63.8 Å². The molecule has 0 saturated heterocycles. The summed E-state index contributed by atoms with van der Waals surface area (Å²) >= 11 is 1.93. The molecule has 1 aliphatic carbocycles. The van der Waals surface area contributed by atoms with Crippen LogP contribution >= 0.6 is 11.3 Å². The van der Waals surface area contributed by atoms with E-state index in [9.17, 15) is 0 Å². The van der Waals surface area contributed by atoms with E-state index in [4.69, 9.17) is 0 Å². The standard InChI is InChI=1S/C54H40S/c1-2-12-35(13-3-1)41-31-42(33-43(32-41)44-21-11-22-51-50-20-8-9-23-53(50)55-54(44)51)37-26-24-36(25-27-37)38-14-10-15-39(30-38)40-28-29-49-47-18-5-4-16-45(47)46-17-6-7-19-48(46)52(49)34-40/h4-11,14-35H,1-3,12-13H2. The molecule has 262 valence electrons. The first-order valence-corrected chi connectivity index (χ1v) is 20.7. The van der Waals surface area contributed by atoms with E-state index in [-0.39, 0.29) is 0 Å². The summed E-state index contributed by atoms with van der Waals surface area (Å²) in [5.74, 6) is 0.628. The fourth-order valence-electron chi connectivity index (χ4n) is 9.44. The summed E-state index contributed by atoms with van der Waals surface area (Å²) in [7, 11) is 0. The van der Waals surface area contributed by atoms with Gasteiger partial charge in [-0.05, 0) is 125 Å². The van der Waals surface area contributed by atoms with Gasteiger partial charge in [0.2, 0.25) is 0 Å². The fraction of sp³-hybridized carbons (Fsp3) is 0.111. The summed E-state index contributed by atoms with van der Waals surface area (Å²) in [5, 5.41) is 10.6. The Hall–Kier alpha value is -6.02. The van der Waals surface area contributed by atoms with E-state index in [1.165, 1.54) is 135 Å². The average Bonchev–Trinajstić information content (AvgIpc) is 3.66. The molecular formula is C54H40S. The zero-order valence-corrected chi connectivity index (χ0v) is 31.6. The Morgan fingerprint density at radius 2 is 0.836 bits per heavy atom. The molecule has 0 atom stereocenters. The maximum Gasteiger partial charge on any atom is 0.0433 e. The smallest absolute Gasteiger partial charge is 0.0433 e. The molecule has 0 radical (unpaired) electrons. The summed E-state index contributed by atoms with van der Waals surface area (Å²) in [4.78, 5) is 0. The van der Waals surface area contributed by atoms with Crippen LogP contribution in [0.1, 0.15) is 43.6 Å². The lowest BCUT2D eigenvalue weighted by Gasteiger charge is -2.23. The number of thiophene rings is 1. The molecule has 1 heteroatoms. The van der Waals surface area contributed by atoms with Crippen LogP contribution in [0.15, 0.2) is 176 Å². The van der Waals surface area contributed by atoms with Crippen LogP contribution < -0.4 is 0 Å². The van der Waals surface area contributed by atoms with Crippen LogP contribution in [-0.4, -0.2) is 0 Å². The van der Waals surface area contributed by atoms with Crippen LogP contribution in [0.5, 0.6) is 0 Å². The quantitative estimate of drug-likeness (QED) is 0.155. The van der Waals surface area contributed by atoms with Gasteiger partial charge in [0.25, 0.3) is 0 Å². The van der Waals surface area contributed by atoms with E-state index in [2.05, 4.69) is 176 Å². The van der Waals surface area contributed by atoms with Crippen molar-refractivity contribution in [2.24, 2.45) is 0 Å². The largest absolute Gasteiger partial charge is 0.135 e. The van der Waals surface area contributed by atoms with Gasteiger partial charge < -0.3 is 0 Å². The molecule has 11 rings (SSSR count). The van der Waals surface area contributed by atoms with Crippen molar-refractivity contribution in [1.82, 2.24) is 0 Å². The summed E-state index contributed by atoms with van der Waals surface area (Å²) in [5.41, 5.74) is 11.7. The number of hydrogen-bond acceptors (Lipinski definition) is 1. The molecule has 1 heterocycles. The lowest BCUT2D eigenvalue weighted by Crippen LogP contribution is -2.05. The Morgan fingerprint density at radius 1 is 0.327 bits per heavy atom. The number of hydrogen-bond donors (Lipinski definition) is 0. The first kappa shape index (κ1) is 32.4. The van der Waals surface area contributed by atoms with Gasteiger partial charge in [-0.25, -0.2) is 0 Å². The zero-order valence-electron chi connectivity index (χ0n) is 30.8. The van der Waals surface area contributed by atoms with Crippen molar-refractivity contribution in [3.05, 3.63) is 181 Å². The second-order valence-electron chi connectivity index (χ2n) is 15.5. The Bertz CT molecular complexity index is 3030. The van der Waals surface area contributed by atoms with Crippen molar-refractivity contribution < 1.29 is 0 Å². The van der Waals surface area contributed by atoms with E-state index in [1.54, 1.807) is 0 Å². The molecule has 55 heavy (non-hydrogen) atoms. The minimum atomic E-state index is 0.628. The summed E-state index contributed by atoms with van der Waals surface area (Å²) < 4.78 is 2.75. The molecule has 0 nitrogen and oxygen atoms in total. The number of rotatable bonds is 5. The molecule has 0 amide bonds. The van der Waals surface area contributed by atoms with Gasteiger partial charge in [-0.2, -0.15) is 0 Å². The molecule has 1 saturated carbocycles. The monoisotopic (exact) mass is 720 g/mol. The van der Waals surface area contributed by atoms with E-state index in [0.29, 0.717) is 5.92 Å². The molecule has 0 aliphatic heterocycles. The molecule has 0 bridgehead atoms. The maximum absolute atomic E-state index is 2.51. The molecule has 0 spiro atoms. The van der Waals surface area contributed by atoms with Crippen LogP contribution in [0.2, 0.25) is 0 Å². The van der Waals surface area contributed by atoms with Gasteiger partial charge in [0.15, 0.2) is 0 Å². The maximum atomic E-state index is 2.51. The predicted molar refractivity (Wildman–Crippen MR) is 239 cm³/mol. The minimum absolute atomic E-state index is 0.628. The third-order valence-corrected chi connectivity index (χ3v) is 13.5. The van der Waals surface area contributed by atoms with Gasteiger partial charge in [0.05, 0.1) is 0 Å². The Balaban J connectivity index is 0.972. The normalized spacial score (nSPS) is 13.7. The minimum Gasteiger partial charge on any atom is -0.135 e. The molecule has 1 aliphatic rings. The highest BCUT2D eigenvalue weighted by Crippen LogP contribution is 2.43. The Kier molecular flexibility index (Phi) is 7.88. The van der Waals surface area contributed by atoms with Gasteiger partial charge in [-0.15, -0.1) is 11.3 Å². The fourth-order valence-corrected chi connectivity index (χ4v) is 10.7. The highest BCUT2D eigenvalue weighted by Gasteiger charge is 2.19. The number of fused-ring (bicyclic) bond motifs is 9. The van der Waals surface area contributed by atoms with Crippen molar-refractivity contribution in [3.63, 3.8) is 0 Å². The van der Waals surface area contributed by atoms with E-state index in [1.807, 2.05) is 11.3 Å². The van der Waals surface area contributed by atoms with E-state index < -0.39 is 0 Å². The Labute approximate surface area is 326 Å². The van der Waals surface area contributed by atoms with Gasteiger partial charge in [-0.1, -0.05) is 171 Å². The molecule has 10 aromatic rings. The molecule has 1 fully saturated rings. The second-order valence-corrected chi connectivity index (χ2v) is 16.5. The first-order valence-electron chi connectivity index (χ1n) is 19.9. The highest BCUT2D eigenvalue weighted by molar-refractivity contribution is 7.26. The summed E-state index contributed by atoms with van der Waals surface area (Å²) in [6.07, 6.45) is 6.60. The number of benzene rings is 9. The molecule has 0 N–H and O–H groups in total. The summed E-state index contributed by atoms with van der Waals surface area (Å²) in [6.45, 7) is 0. The SMILES string of the molecule is c1cc(-c2ccc(-c3cc(-c4cccc5c4sc4ccccc45)cc(C4CCCCC4)c3)cc2)cc(-c2ccc3c4ccccc4c4ccccc4c3c2)c1. The lowest BCUT2D eigenvalue weighted by atomic mass is 9.82. The van der Waals surface area contributed by atoms with Crippen LogP contribution in [0.25, 0.3) is 97.0 Å². The van der Waals surface area contributed by atoms with E-state index >= 15 is 0 Å². The molecular weight excluding hydrogens is 681 g/mol. The third kappa shape index (κ3) is 5.65. The van der Waals surface area contributed by atoms with Crippen molar-refractivity contribution in [3.8, 4) is 44.5 Å². The third-order valence-electron chi connectivity index (χ3n) is 12.2. The predicted octanol–water partition coefficient (Wildman–Crippen LogP) is 16.2. The molecule has 1 aromatic heterocycles. The van der Waals surface area contributed by atoms with Gasteiger partial charge in [0, 0.05) is 20.2 Å². The van der Waals surface area contributed by atoms with E-state index in [0.717, 1.165) is 0 Å². The van der Waals surface area contributed by atoms with Crippen LogP contribution in [0, 0.1) is 0 Å². The molecule has 0 unspecified atom stereocenters. The van der Waals surface area contributed by atoms with Crippen LogP contribution in [-0.2, 0) is 0 Å². The van der Waals surface area contributed by atoms with Gasteiger partial charge >= 0.3 is 0 Å². The topological polar surface area (TPSA) is 0 Å². The average molecular weight is 721 g/mol. The lowest BCUT2D eigenvalue weighted by molar-refractivity contribution is 0.444.